The molecule has 5 rings (SSSR count). The van der Waals surface area contributed by atoms with Gasteiger partial charge in [-0.25, -0.2) is 8.42 Å². The highest BCUT2D eigenvalue weighted by atomic mass is 32.2. The van der Waals surface area contributed by atoms with Crippen LogP contribution in [0, 0.1) is 5.41 Å². The van der Waals surface area contributed by atoms with Crippen LogP contribution in [-0.4, -0.2) is 29.6 Å². The number of nitrogens with two attached hydrogens (primary N) is 1. The standard InChI is InChI=1S/C30H29N5O3S/c1-2-17-35-19-25(27(36)15-10-20-8-11-22(12-9-20)30(31)32)24-18-23(13-14-26(24)35)34-39(37,38)28-7-3-5-21-6-4-16-33-29(21)28/h3-9,11-14,16,18-19,34H,2,10,15,17H2,1H3,(H3,31,32). The number of fused-ring (bicyclic) bond motifs is 2. The van der Waals surface area contributed by atoms with Crippen molar-refractivity contribution >= 4 is 49.1 Å². The molecular weight excluding hydrogens is 510 g/mol. The molecule has 0 fully saturated rings. The number of hydrogen-bond acceptors (Lipinski definition) is 5. The molecule has 0 atom stereocenters. The van der Waals surface area contributed by atoms with Gasteiger partial charge in [-0.2, -0.15) is 0 Å². The molecule has 4 N–H and O–H groups in total. The SMILES string of the molecule is CCCn1cc(C(=O)CCc2ccc(C(=N)N)cc2)c2cc(NS(=O)(=O)c3cccc4cccnc34)ccc21. The van der Waals surface area contributed by atoms with Crippen LogP contribution in [0.2, 0.25) is 0 Å². The molecule has 0 aliphatic heterocycles. The number of sulfonamides is 1. The Hall–Kier alpha value is -4.50. The Morgan fingerprint density at radius 2 is 1.82 bits per heavy atom. The van der Waals surface area contributed by atoms with Crippen molar-refractivity contribution in [3.05, 3.63) is 102 Å². The Morgan fingerprint density at radius 3 is 2.56 bits per heavy atom. The minimum absolute atomic E-state index is 0.00417. The fourth-order valence-electron chi connectivity index (χ4n) is 4.76. The molecule has 2 aromatic heterocycles. The Bertz CT molecular complexity index is 1800. The van der Waals surface area contributed by atoms with Crippen molar-refractivity contribution in [2.45, 2.75) is 37.6 Å². The lowest BCUT2D eigenvalue weighted by molar-refractivity contribution is 0.0984. The summed E-state index contributed by atoms with van der Waals surface area (Å²) in [5, 5.41) is 8.97. The second-order valence-corrected chi connectivity index (χ2v) is 11.1. The van der Waals surface area contributed by atoms with E-state index >= 15 is 0 Å². The summed E-state index contributed by atoms with van der Waals surface area (Å²) in [5.41, 5.74) is 9.36. The molecule has 3 aromatic carbocycles. The summed E-state index contributed by atoms with van der Waals surface area (Å²) in [6.45, 7) is 2.81. The Labute approximate surface area is 227 Å². The van der Waals surface area contributed by atoms with Gasteiger partial charge in [-0.1, -0.05) is 49.4 Å². The maximum atomic E-state index is 13.4. The number of nitrogen functional groups attached to an aromatic ring is 1. The van der Waals surface area contributed by atoms with Crippen molar-refractivity contribution in [2.24, 2.45) is 5.73 Å². The number of benzene rings is 3. The van der Waals surface area contributed by atoms with Gasteiger partial charge in [0.05, 0.1) is 5.52 Å². The van der Waals surface area contributed by atoms with Crippen molar-refractivity contribution in [2.75, 3.05) is 4.72 Å². The molecule has 0 unspecified atom stereocenters. The minimum Gasteiger partial charge on any atom is -0.384 e. The van der Waals surface area contributed by atoms with Crippen LogP contribution in [0.25, 0.3) is 21.8 Å². The average Bonchev–Trinajstić information content (AvgIpc) is 3.29. The van der Waals surface area contributed by atoms with Crippen LogP contribution < -0.4 is 10.5 Å². The number of aryl methyl sites for hydroxylation is 2. The summed E-state index contributed by atoms with van der Waals surface area (Å²) in [5.74, 6) is -0.0201. The highest BCUT2D eigenvalue weighted by molar-refractivity contribution is 7.93. The molecule has 8 nitrogen and oxygen atoms in total. The van der Waals surface area contributed by atoms with E-state index in [2.05, 4.69) is 16.6 Å². The van der Waals surface area contributed by atoms with Crippen molar-refractivity contribution in [1.82, 2.24) is 9.55 Å². The van der Waals surface area contributed by atoms with Gasteiger partial charge in [-0.15, -0.1) is 0 Å². The molecule has 0 amide bonds. The molecule has 0 saturated carbocycles. The average molecular weight is 540 g/mol. The fourth-order valence-corrected chi connectivity index (χ4v) is 5.99. The molecule has 9 heteroatoms. The van der Waals surface area contributed by atoms with E-state index < -0.39 is 10.0 Å². The summed E-state index contributed by atoms with van der Waals surface area (Å²) >= 11 is 0. The number of amidine groups is 1. The Kier molecular flexibility index (Phi) is 7.17. The summed E-state index contributed by atoms with van der Waals surface area (Å²) in [6, 6.07) is 21.2. The van der Waals surface area contributed by atoms with E-state index in [1.807, 2.05) is 41.1 Å². The summed E-state index contributed by atoms with van der Waals surface area (Å²) in [4.78, 5) is 17.7. The van der Waals surface area contributed by atoms with E-state index in [9.17, 15) is 13.2 Å². The second-order valence-electron chi connectivity index (χ2n) is 9.44. The van der Waals surface area contributed by atoms with Gasteiger partial charge >= 0.3 is 0 Å². The molecule has 0 radical (unpaired) electrons. The van der Waals surface area contributed by atoms with Crippen molar-refractivity contribution in [1.29, 1.82) is 5.41 Å². The van der Waals surface area contributed by atoms with Crippen LogP contribution >= 0.6 is 0 Å². The van der Waals surface area contributed by atoms with Gasteiger partial charge < -0.3 is 10.3 Å². The van der Waals surface area contributed by atoms with E-state index in [4.69, 9.17) is 11.1 Å². The molecule has 5 aromatic rings. The minimum atomic E-state index is -3.93. The zero-order chi connectivity index (χ0) is 27.6. The zero-order valence-corrected chi connectivity index (χ0v) is 22.3. The quantitative estimate of drug-likeness (QED) is 0.123. The highest BCUT2D eigenvalue weighted by Gasteiger charge is 2.20. The van der Waals surface area contributed by atoms with Gasteiger partial charge in [0.25, 0.3) is 10.0 Å². The zero-order valence-electron chi connectivity index (χ0n) is 21.5. The lowest BCUT2D eigenvalue weighted by Crippen LogP contribution is -2.13. The number of carbonyl (C=O) groups excluding carboxylic acids is 1. The molecular formula is C30H29N5O3S. The smallest absolute Gasteiger partial charge is 0.264 e. The Balaban J connectivity index is 1.44. The number of aromatic nitrogens is 2. The first-order valence-electron chi connectivity index (χ1n) is 12.7. The second kappa shape index (κ2) is 10.7. The lowest BCUT2D eigenvalue weighted by Gasteiger charge is -2.11. The lowest BCUT2D eigenvalue weighted by atomic mass is 10.0. The maximum absolute atomic E-state index is 13.4. The third-order valence-corrected chi connectivity index (χ3v) is 8.10. The van der Waals surface area contributed by atoms with Gasteiger partial charge in [0, 0.05) is 58.5 Å². The van der Waals surface area contributed by atoms with Crippen LogP contribution in [0.4, 0.5) is 5.69 Å². The van der Waals surface area contributed by atoms with Crippen molar-refractivity contribution < 1.29 is 13.2 Å². The largest absolute Gasteiger partial charge is 0.384 e. The number of rotatable bonds is 10. The number of carbonyl (C=O) groups is 1. The molecule has 0 saturated heterocycles. The maximum Gasteiger partial charge on any atom is 0.264 e. The monoisotopic (exact) mass is 539 g/mol. The number of nitrogens with zero attached hydrogens (tertiary/aromatic N) is 2. The van der Waals surface area contributed by atoms with Gasteiger partial charge in [0.2, 0.25) is 0 Å². The fraction of sp³-hybridized carbons (Fsp3) is 0.167. The van der Waals surface area contributed by atoms with Crippen LogP contribution in [0.5, 0.6) is 0 Å². The number of anilines is 1. The van der Waals surface area contributed by atoms with Gasteiger partial charge in [0.1, 0.15) is 10.7 Å². The topological polar surface area (TPSA) is 131 Å². The number of hydrogen-bond donors (Lipinski definition) is 3. The molecule has 0 aliphatic carbocycles. The normalized spacial score (nSPS) is 11.6. The van der Waals surface area contributed by atoms with Crippen molar-refractivity contribution in [3.63, 3.8) is 0 Å². The van der Waals surface area contributed by atoms with Gasteiger partial charge in [-0.3, -0.25) is 19.9 Å². The molecule has 0 aliphatic rings. The molecule has 2 heterocycles. The van der Waals surface area contributed by atoms with Gasteiger partial charge in [-0.05, 0) is 48.7 Å². The third kappa shape index (κ3) is 5.39. The molecule has 0 spiro atoms. The molecule has 198 valence electrons. The number of Topliss-reactive ketones (excluding diaryl/α,β-unsaturated/α-hetero) is 1. The first-order valence-corrected chi connectivity index (χ1v) is 14.2. The first-order chi connectivity index (χ1) is 18.8. The van der Waals surface area contributed by atoms with E-state index in [1.165, 1.54) is 6.07 Å². The van der Waals surface area contributed by atoms with Crippen molar-refractivity contribution in [3.8, 4) is 0 Å². The third-order valence-electron chi connectivity index (χ3n) is 6.69. The highest BCUT2D eigenvalue weighted by Crippen LogP contribution is 2.29. The van der Waals surface area contributed by atoms with Crippen LogP contribution in [0.15, 0.2) is 90.1 Å². The van der Waals surface area contributed by atoms with Crippen LogP contribution in [0.3, 0.4) is 0 Å². The van der Waals surface area contributed by atoms with E-state index in [0.717, 1.165) is 29.4 Å². The van der Waals surface area contributed by atoms with E-state index in [0.29, 0.717) is 40.6 Å². The summed E-state index contributed by atoms with van der Waals surface area (Å²) in [6.07, 6.45) is 5.16. The number of para-hydroxylation sites is 1. The number of pyridine rings is 1. The van der Waals surface area contributed by atoms with Gasteiger partial charge in [0.15, 0.2) is 5.78 Å². The van der Waals surface area contributed by atoms with Crippen LogP contribution in [0.1, 0.15) is 41.3 Å². The first kappa shape index (κ1) is 26.1. The van der Waals surface area contributed by atoms with Crippen LogP contribution in [-0.2, 0) is 23.0 Å². The predicted octanol–water partition coefficient (Wildman–Crippen LogP) is 5.50. The number of nitrogens with one attached hydrogen (secondary N) is 2. The summed E-state index contributed by atoms with van der Waals surface area (Å²) in [7, 11) is -3.93. The summed E-state index contributed by atoms with van der Waals surface area (Å²) < 4.78 is 31.4. The predicted molar refractivity (Wildman–Crippen MR) is 155 cm³/mol. The Morgan fingerprint density at radius 1 is 1.05 bits per heavy atom. The molecule has 0 bridgehead atoms. The number of ketones is 1. The molecule has 39 heavy (non-hydrogen) atoms. The van der Waals surface area contributed by atoms with E-state index in [1.54, 1.807) is 42.6 Å². The van der Waals surface area contributed by atoms with E-state index in [-0.39, 0.29) is 16.5 Å².